The van der Waals surface area contributed by atoms with E-state index < -0.39 is 5.97 Å². The minimum absolute atomic E-state index is 0.200. The number of hydrogen-bond donors (Lipinski definition) is 1. The molecule has 0 radical (unpaired) electrons. The van der Waals surface area contributed by atoms with Crippen molar-refractivity contribution in [2.24, 2.45) is 5.92 Å². The van der Waals surface area contributed by atoms with E-state index in [-0.39, 0.29) is 6.10 Å². The van der Waals surface area contributed by atoms with E-state index in [0.29, 0.717) is 10.6 Å². The largest absolute Gasteiger partial charge is 0.489 e. The van der Waals surface area contributed by atoms with Crippen LogP contribution in [0.4, 0.5) is 0 Å². The van der Waals surface area contributed by atoms with Crippen molar-refractivity contribution in [2.45, 2.75) is 45.1 Å². The molecule has 1 fully saturated rings. The zero-order valence-corrected chi connectivity index (χ0v) is 10.8. The van der Waals surface area contributed by atoms with Gasteiger partial charge >= 0.3 is 5.97 Å². The van der Waals surface area contributed by atoms with Crippen LogP contribution < -0.4 is 4.74 Å². The molecule has 0 saturated heterocycles. The van der Waals surface area contributed by atoms with Crippen molar-refractivity contribution < 1.29 is 14.6 Å². The SMILES string of the molecule is CCC1CCC(Oc2ccsc2C(=O)O)CC1. The lowest BCUT2D eigenvalue weighted by atomic mass is 9.86. The van der Waals surface area contributed by atoms with Crippen LogP contribution in [0.3, 0.4) is 0 Å². The summed E-state index contributed by atoms with van der Waals surface area (Å²) in [7, 11) is 0. The van der Waals surface area contributed by atoms with Crippen LogP contribution in [0, 0.1) is 5.92 Å². The molecule has 1 saturated carbocycles. The van der Waals surface area contributed by atoms with Gasteiger partial charge in [-0.2, -0.15) is 0 Å². The number of carbonyl (C=O) groups is 1. The van der Waals surface area contributed by atoms with Gasteiger partial charge in [-0.3, -0.25) is 0 Å². The molecule has 1 aliphatic carbocycles. The van der Waals surface area contributed by atoms with Crippen LogP contribution in [-0.4, -0.2) is 17.2 Å². The summed E-state index contributed by atoms with van der Waals surface area (Å²) in [4.78, 5) is 11.3. The Kier molecular flexibility index (Phi) is 4.05. The molecule has 0 spiro atoms. The highest BCUT2D eigenvalue weighted by Gasteiger charge is 2.23. The van der Waals surface area contributed by atoms with Crippen molar-refractivity contribution in [1.82, 2.24) is 0 Å². The molecule has 17 heavy (non-hydrogen) atoms. The third-order valence-electron chi connectivity index (χ3n) is 3.49. The smallest absolute Gasteiger partial charge is 0.349 e. The second-order valence-electron chi connectivity index (χ2n) is 4.59. The summed E-state index contributed by atoms with van der Waals surface area (Å²) in [5.74, 6) is 0.482. The Balaban J connectivity index is 1.93. The number of carboxylic acid groups (broad SMARTS) is 1. The molecule has 3 nitrogen and oxygen atoms in total. The van der Waals surface area contributed by atoms with Gasteiger partial charge in [0.05, 0.1) is 6.10 Å². The van der Waals surface area contributed by atoms with Gasteiger partial charge < -0.3 is 9.84 Å². The summed E-state index contributed by atoms with van der Waals surface area (Å²) in [5.41, 5.74) is 0. The quantitative estimate of drug-likeness (QED) is 0.889. The van der Waals surface area contributed by atoms with Gasteiger partial charge in [0, 0.05) is 0 Å². The average Bonchev–Trinajstić information content (AvgIpc) is 2.78. The monoisotopic (exact) mass is 254 g/mol. The van der Waals surface area contributed by atoms with Gasteiger partial charge in [-0.25, -0.2) is 4.79 Å². The molecule has 0 aromatic carbocycles. The summed E-state index contributed by atoms with van der Waals surface area (Å²) in [5, 5.41) is 10.8. The van der Waals surface area contributed by atoms with E-state index in [9.17, 15) is 4.79 Å². The molecule has 2 rings (SSSR count). The normalized spacial score (nSPS) is 24.5. The van der Waals surface area contributed by atoms with Gasteiger partial charge in [-0.05, 0) is 43.0 Å². The first-order chi connectivity index (χ1) is 8.20. The first kappa shape index (κ1) is 12.4. The fourth-order valence-electron chi connectivity index (χ4n) is 2.38. The Morgan fingerprint density at radius 3 is 2.76 bits per heavy atom. The van der Waals surface area contributed by atoms with E-state index >= 15 is 0 Å². The molecule has 1 aliphatic rings. The average molecular weight is 254 g/mol. The highest BCUT2D eigenvalue weighted by molar-refractivity contribution is 7.12. The first-order valence-corrected chi connectivity index (χ1v) is 7.06. The number of aromatic carboxylic acids is 1. The second-order valence-corrected chi connectivity index (χ2v) is 5.50. The molecule has 94 valence electrons. The highest BCUT2D eigenvalue weighted by atomic mass is 32.1. The number of rotatable bonds is 4. The first-order valence-electron chi connectivity index (χ1n) is 6.18. The second kappa shape index (κ2) is 5.54. The molecule has 0 atom stereocenters. The number of thiophene rings is 1. The van der Waals surface area contributed by atoms with Crippen molar-refractivity contribution in [1.29, 1.82) is 0 Å². The fourth-order valence-corrected chi connectivity index (χ4v) is 3.04. The molecular weight excluding hydrogens is 236 g/mol. The third kappa shape index (κ3) is 3.00. The Bertz CT molecular complexity index is 378. The molecule has 1 aromatic heterocycles. The lowest BCUT2D eigenvalue weighted by molar-refractivity contribution is 0.0690. The fraction of sp³-hybridized carbons (Fsp3) is 0.615. The molecule has 0 aliphatic heterocycles. The van der Waals surface area contributed by atoms with Gasteiger partial charge in [-0.1, -0.05) is 13.3 Å². The van der Waals surface area contributed by atoms with Crippen molar-refractivity contribution >= 4 is 17.3 Å². The Morgan fingerprint density at radius 1 is 1.47 bits per heavy atom. The lowest BCUT2D eigenvalue weighted by Crippen LogP contribution is -2.24. The minimum Gasteiger partial charge on any atom is -0.489 e. The van der Waals surface area contributed by atoms with E-state index in [2.05, 4.69) is 6.92 Å². The van der Waals surface area contributed by atoms with E-state index in [1.165, 1.54) is 30.6 Å². The number of ether oxygens (including phenoxy) is 1. The van der Waals surface area contributed by atoms with Crippen LogP contribution in [-0.2, 0) is 0 Å². The van der Waals surface area contributed by atoms with Crippen LogP contribution in [0.1, 0.15) is 48.7 Å². The maximum atomic E-state index is 11.0. The summed E-state index contributed by atoms with van der Waals surface area (Å²) < 4.78 is 5.81. The maximum absolute atomic E-state index is 11.0. The topological polar surface area (TPSA) is 46.5 Å². The molecule has 1 aromatic rings. The van der Waals surface area contributed by atoms with Crippen LogP contribution in [0.15, 0.2) is 11.4 Å². The van der Waals surface area contributed by atoms with Crippen molar-refractivity contribution in [2.75, 3.05) is 0 Å². The van der Waals surface area contributed by atoms with E-state index in [1.807, 2.05) is 0 Å². The molecular formula is C13H18O3S. The van der Waals surface area contributed by atoms with Crippen LogP contribution in [0.2, 0.25) is 0 Å². The zero-order valence-electron chi connectivity index (χ0n) is 10.0. The summed E-state index contributed by atoms with van der Waals surface area (Å²) >= 11 is 1.23. The lowest BCUT2D eigenvalue weighted by Gasteiger charge is -2.28. The molecule has 1 N–H and O–H groups in total. The summed E-state index contributed by atoms with van der Waals surface area (Å²) in [6, 6.07) is 1.76. The minimum atomic E-state index is -0.891. The Morgan fingerprint density at radius 2 is 2.18 bits per heavy atom. The van der Waals surface area contributed by atoms with Crippen molar-refractivity contribution in [3.05, 3.63) is 16.3 Å². The zero-order chi connectivity index (χ0) is 12.3. The molecule has 4 heteroatoms. The Hall–Kier alpha value is -1.03. The van der Waals surface area contributed by atoms with Gasteiger partial charge in [0.25, 0.3) is 0 Å². The maximum Gasteiger partial charge on any atom is 0.349 e. The van der Waals surface area contributed by atoms with Gasteiger partial charge in [0.15, 0.2) is 4.88 Å². The number of hydrogen-bond acceptors (Lipinski definition) is 3. The standard InChI is InChI=1S/C13H18O3S/c1-2-9-3-5-10(6-4-9)16-11-7-8-17-12(11)13(14)15/h7-10H,2-6H2,1H3,(H,14,15). The van der Waals surface area contributed by atoms with Crippen LogP contribution >= 0.6 is 11.3 Å². The number of carboxylic acids is 1. The predicted molar refractivity (Wildman–Crippen MR) is 67.9 cm³/mol. The van der Waals surface area contributed by atoms with Crippen LogP contribution in [0.5, 0.6) is 5.75 Å². The van der Waals surface area contributed by atoms with Crippen LogP contribution in [0.25, 0.3) is 0 Å². The van der Waals surface area contributed by atoms with Gasteiger partial charge in [0.1, 0.15) is 5.75 Å². The molecule has 0 unspecified atom stereocenters. The molecule has 0 bridgehead atoms. The summed E-state index contributed by atoms with van der Waals surface area (Å²) in [6.07, 6.45) is 5.94. The predicted octanol–water partition coefficient (Wildman–Crippen LogP) is 3.79. The third-order valence-corrected chi connectivity index (χ3v) is 4.37. The molecule has 0 amide bonds. The highest BCUT2D eigenvalue weighted by Crippen LogP contribution is 2.32. The van der Waals surface area contributed by atoms with Crippen molar-refractivity contribution in [3.8, 4) is 5.75 Å². The van der Waals surface area contributed by atoms with Crippen molar-refractivity contribution in [3.63, 3.8) is 0 Å². The van der Waals surface area contributed by atoms with Gasteiger partial charge in [-0.15, -0.1) is 11.3 Å². The van der Waals surface area contributed by atoms with Gasteiger partial charge in [0.2, 0.25) is 0 Å². The van der Waals surface area contributed by atoms with E-state index in [1.54, 1.807) is 11.4 Å². The molecule has 1 heterocycles. The Labute approximate surface area is 105 Å². The van der Waals surface area contributed by atoms with E-state index in [4.69, 9.17) is 9.84 Å². The van der Waals surface area contributed by atoms with E-state index in [0.717, 1.165) is 18.8 Å². The summed E-state index contributed by atoms with van der Waals surface area (Å²) in [6.45, 7) is 2.23.